The molecule has 9 heteroatoms. The minimum atomic E-state index is -1.49. The molecule has 1 aromatic heterocycles. The normalized spacial score (nSPS) is 27.4. The Morgan fingerprint density at radius 2 is 1.71 bits per heavy atom. The summed E-state index contributed by atoms with van der Waals surface area (Å²) in [4.78, 5) is 12.2. The summed E-state index contributed by atoms with van der Waals surface area (Å²) in [6.45, 7) is -0.515. The lowest BCUT2D eigenvalue weighted by Crippen LogP contribution is -2.60. The molecule has 0 aliphatic carbocycles. The maximum Gasteiger partial charge on any atom is 0.287 e. The van der Waals surface area contributed by atoms with Crippen LogP contribution in [-0.2, 0) is 11.3 Å². The molecule has 2 aromatic rings. The van der Waals surface area contributed by atoms with Gasteiger partial charge in [0.05, 0.1) is 6.61 Å². The first kappa shape index (κ1) is 20.3. The molecule has 1 amide bonds. The molecule has 0 bridgehead atoms. The van der Waals surface area contributed by atoms with Crippen molar-refractivity contribution in [2.24, 2.45) is 0 Å². The van der Waals surface area contributed by atoms with Crippen molar-refractivity contribution in [2.75, 3.05) is 13.2 Å². The first-order valence-electron chi connectivity index (χ1n) is 8.85. The van der Waals surface area contributed by atoms with Crippen molar-refractivity contribution in [3.63, 3.8) is 0 Å². The molecule has 0 saturated carbocycles. The third kappa shape index (κ3) is 4.70. The number of amides is 1. The van der Waals surface area contributed by atoms with E-state index in [-0.39, 0.29) is 18.9 Å². The van der Waals surface area contributed by atoms with Crippen molar-refractivity contribution in [1.29, 1.82) is 0 Å². The van der Waals surface area contributed by atoms with Crippen LogP contribution in [0.3, 0.4) is 0 Å². The van der Waals surface area contributed by atoms with E-state index in [1.165, 1.54) is 6.07 Å². The first-order valence-corrected chi connectivity index (χ1v) is 8.85. The van der Waals surface area contributed by atoms with Gasteiger partial charge in [-0.05, 0) is 24.3 Å². The summed E-state index contributed by atoms with van der Waals surface area (Å²) in [5.41, 5.74) is 0. The summed E-state index contributed by atoms with van der Waals surface area (Å²) in [6, 6.07) is 12.3. The largest absolute Gasteiger partial charge is 0.486 e. The number of benzene rings is 1. The average molecular weight is 393 g/mol. The molecule has 1 aliphatic heterocycles. The Labute approximate surface area is 161 Å². The molecule has 1 aliphatic rings. The molecule has 152 valence electrons. The van der Waals surface area contributed by atoms with Gasteiger partial charge in [0.2, 0.25) is 0 Å². The van der Waals surface area contributed by atoms with E-state index in [1.54, 1.807) is 18.2 Å². The van der Waals surface area contributed by atoms with Crippen LogP contribution in [0.15, 0.2) is 46.9 Å². The molecule has 0 unspecified atom stereocenters. The number of ether oxygens (including phenoxy) is 2. The molecule has 0 radical (unpaired) electrons. The van der Waals surface area contributed by atoms with Crippen LogP contribution < -0.4 is 10.1 Å². The highest BCUT2D eigenvalue weighted by Gasteiger charge is 2.43. The number of nitrogens with one attached hydrogen (secondary N) is 1. The number of hydrogen-bond acceptors (Lipinski definition) is 8. The van der Waals surface area contributed by atoms with Gasteiger partial charge in [0.25, 0.3) is 5.91 Å². The molecule has 5 N–H and O–H groups in total. The number of carbonyl (C=O) groups is 1. The van der Waals surface area contributed by atoms with Crippen LogP contribution in [0.5, 0.6) is 5.75 Å². The monoisotopic (exact) mass is 393 g/mol. The molecule has 1 saturated heterocycles. The van der Waals surface area contributed by atoms with Gasteiger partial charge in [-0.25, -0.2) is 0 Å². The van der Waals surface area contributed by atoms with Crippen molar-refractivity contribution >= 4 is 5.91 Å². The standard InChI is InChI=1S/C19H23NO8/c21-9-15-17(23)18(24)16(22)14(28-15)8-20-19(25)13-7-6-12(27-13)10-26-11-4-2-1-3-5-11/h1-7,14-18,21-24H,8-10H2,(H,20,25)/t14-,15+,16-,17+,18+/m0/s1. The van der Waals surface area contributed by atoms with Gasteiger partial charge in [-0.3, -0.25) is 4.79 Å². The lowest BCUT2D eigenvalue weighted by Gasteiger charge is -2.40. The second kappa shape index (κ2) is 9.18. The predicted molar refractivity (Wildman–Crippen MR) is 95.6 cm³/mol. The number of aliphatic hydroxyl groups excluding tert-OH is 4. The highest BCUT2D eigenvalue weighted by atomic mass is 16.5. The summed E-state index contributed by atoms with van der Waals surface area (Å²) in [6.07, 6.45) is -6.35. The van der Waals surface area contributed by atoms with Gasteiger partial charge >= 0.3 is 0 Å². The Kier molecular flexibility index (Phi) is 6.65. The topological polar surface area (TPSA) is 142 Å². The second-order valence-electron chi connectivity index (χ2n) is 6.45. The van der Waals surface area contributed by atoms with Gasteiger partial charge in [-0.15, -0.1) is 0 Å². The Bertz CT molecular complexity index is 762. The van der Waals surface area contributed by atoms with Crippen LogP contribution in [0.1, 0.15) is 16.3 Å². The van der Waals surface area contributed by atoms with E-state index < -0.39 is 43.0 Å². The van der Waals surface area contributed by atoms with Gasteiger partial charge in [-0.2, -0.15) is 0 Å². The number of para-hydroxylation sites is 1. The average Bonchev–Trinajstić information content (AvgIpc) is 3.20. The zero-order valence-corrected chi connectivity index (χ0v) is 15.0. The molecule has 1 aromatic carbocycles. The lowest BCUT2D eigenvalue weighted by atomic mass is 9.95. The van der Waals surface area contributed by atoms with E-state index in [2.05, 4.69) is 5.32 Å². The van der Waals surface area contributed by atoms with Gasteiger partial charge in [0.15, 0.2) is 5.76 Å². The highest BCUT2D eigenvalue weighted by Crippen LogP contribution is 2.21. The second-order valence-corrected chi connectivity index (χ2v) is 6.45. The number of hydrogen-bond donors (Lipinski definition) is 5. The van der Waals surface area contributed by atoms with Crippen molar-refractivity contribution in [2.45, 2.75) is 37.1 Å². The fraction of sp³-hybridized carbons (Fsp3) is 0.421. The first-order chi connectivity index (χ1) is 13.5. The molecule has 9 nitrogen and oxygen atoms in total. The third-order valence-corrected chi connectivity index (χ3v) is 4.46. The van der Waals surface area contributed by atoms with E-state index >= 15 is 0 Å². The van der Waals surface area contributed by atoms with Crippen LogP contribution in [0.25, 0.3) is 0 Å². The zero-order chi connectivity index (χ0) is 20.1. The Balaban J connectivity index is 1.51. The fourth-order valence-electron chi connectivity index (χ4n) is 2.88. The minimum absolute atomic E-state index is 0.0521. The highest BCUT2D eigenvalue weighted by molar-refractivity contribution is 5.91. The molecule has 5 atom stereocenters. The fourth-order valence-corrected chi connectivity index (χ4v) is 2.88. The van der Waals surface area contributed by atoms with Gasteiger partial charge < -0.3 is 39.6 Å². The van der Waals surface area contributed by atoms with E-state index in [1.807, 2.05) is 18.2 Å². The number of carbonyl (C=O) groups excluding carboxylic acids is 1. The maximum atomic E-state index is 12.2. The molecule has 1 fully saturated rings. The summed E-state index contributed by atoms with van der Waals surface area (Å²) in [7, 11) is 0. The number of rotatable bonds is 7. The lowest BCUT2D eigenvalue weighted by molar-refractivity contribution is -0.227. The van der Waals surface area contributed by atoms with E-state index in [9.17, 15) is 25.2 Å². The summed E-state index contributed by atoms with van der Waals surface area (Å²) >= 11 is 0. The molecule has 0 spiro atoms. The van der Waals surface area contributed by atoms with Crippen molar-refractivity contribution < 1.29 is 39.1 Å². The quantitative estimate of drug-likeness (QED) is 0.421. The van der Waals surface area contributed by atoms with Crippen LogP contribution in [-0.4, -0.2) is 70.0 Å². The van der Waals surface area contributed by atoms with E-state index in [0.717, 1.165) is 0 Å². The Morgan fingerprint density at radius 3 is 2.43 bits per heavy atom. The van der Waals surface area contributed by atoms with Crippen molar-refractivity contribution in [1.82, 2.24) is 5.32 Å². The molecule has 2 heterocycles. The van der Waals surface area contributed by atoms with E-state index in [4.69, 9.17) is 13.9 Å². The zero-order valence-electron chi connectivity index (χ0n) is 15.0. The molecular weight excluding hydrogens is 370 g/mol. The van der Waals surface area contributed by atoms with Gasteiger partial charge in [-0.1, -0.05) is 18.2 Å². The smallest absolute Gasteiger partial charge is 0.287 e. The third-order valence-electron chi connectivity index (χ3n) is 4.46. The van der Waals surface area contributed by atoms with Crippen molar-refractivity contribution in [3.8, 4) is 5.75 Å². The molecular formula is C19H23NO8. The van der Waals surface area contributed by atoms with Crippen LogP contribution >= 0.6 is 0 Å². The van der Waals surface area contributed by atoms with E-state index in [0.29, 0.717) is 11.5 Å². The van der Waals surface area contributed by atoms with Crippen LogP contribution in [0.4, 0.5) is 0 Å². The van der Waals surface area contributed by atoms with Crippen molar-refractivity contribution in [3.05, 3.63) is 54.0 Å². The van der Waals surface area contributed by atoms with Crippen LogP contribution in [0.2, 0.25) is 0 Å². The summed E-state index contributed by atoms with van der Waals surface area (Å²) in [5, 5.41) is 41.2. The van der Waals surface area contributed by atoms with Gasteiger partial charge in [0, 0.05) is 6.54 Å². The minimum Gasteiger partial charge on any atom is -0.486 e. The van der Waals surface area contributed by atoms with Crippen LogP contribution in [0, 0.1) is 0 Å². The Morgan fingerprint density at radius 1 is 1.00 bits per heavy atom. The summed E-state index contributed by atoms with van der Waals surface area (Å²) in [5.74, 6) is 0.647. The maximum absolute atomic E-state index is 12.2. The number of aliphatic hydroxyl groups is 4. The predicted octanol–water partition coefficient (Wildman–Crippen LogP) is -0.569. The van der Waals surface area contributed by atoms with Gasteiger partial charge in [0.1, 0.15) is 48.6 Å². The Hall–Kier alpha value is -2.43. The molecule has 28 heavy (non-hydrogen) atoms. The SMILES string of the molecule is O=C(NC[C@@H]1O[C@H](CO)[C@@H](O)[C@H](O)[C@H]1O)c1ccc(COc2ccccc2)o1. The summed E-state index contributed by atoms with van der Waals surface area (Å²) < 4.78 is 16.3. The molecule has 3 rings (SSSR count). The number of furan rings is 1.